The van der Waals surface area contributed by atoms with E-state index in [1.165, 1.54) is 11.7 Å². The second-order valence-electron chi connectivity index (χ2n) is 11.6. The topological polar surface area (TPSA) is 159 Å². The molecular formula is C35H41N7O6. The fraction of sp³-hybridized carbons (Fsp3) is 0.371. The van der Waals surface area contributed by atoms with Crippen molar-refractivity contribution >= 4 is 23.2 Å². The molecule has 48 heavy (non-hydrogen) atoms. The molecule has 1 heterocycles. The van der Waals surface area contributed by atoms with Gasteiger partial charge in [0.25, 0.3) is 0 Å². The fourth-order valence-electron chi connectivity index (χ4n) is 6.02. The minimum atomic E-state index is -0.378. The van der Waals surface area contributed by atoms with Crippen LogP contribution in [0.4, 0.5) is 11.4 Å². The Hall–Kier alpha value is -5.46. The van der Waals surface area contributed by atoms with Gasteiger partial charge in [-0.25, -0.2) is 0 Å². The number of nitrogens with zero attached hydrogens (tertiary/aromatic N) is 4. The number of benzene rings is 2. The maximum Gasteiger partial charge on any atom is 0.224 e. The van der Waals surface area contributed by atoms with E-state index in [2.05, 4.69) is 31.4 Å². The molecule has 3 aromatic carbocycles. The van der Waals surface area contributed by atoms with Crippen LogP contribution >= 0.6 is 0 Å². The zero-order chi connectivity index (χ0) is 34.2. The maximum atomic E-state index is 13.5. The summed E-state index contributed by atoms with van der Waals surface area (Å²) in [7, 11) is 6.40. The third-order valence-corrected chi connectivity index (χ3v) is 8.22. The average Bonchev–Trinajstić information content (AvgIpc) is 3.38. The van der Waals surface area contributed by atoms with Gasteiger partial charge in [-0.15, -0.1) is 10.2 Å². The molecule has 2 amide bonds. The van der Waals surface area contributed by atoms with Crippen LogP contribution in [0.3, 0.4) is 0 Å². The highest BCUT2D eigenvalue weighted by molar-refractivity contribution is 5.91. The first kappa shape index (κ1) is 33.9. The Kier molecular flexibility index (Phi) is 10.9. The molecule has 13 nitrogen and oxygen atoms in total. The van der Waals surface area contributed by atoms with Crippen molar-refractivity contribution in [1.82, 2.24) is 25.5 Å². The van der Waals surface area contributed by atoms with Gasteiger partial charge in [-0.2, -0.15) is 4.80 Å². The zero-order valence-corrected chi connectivity index (χ0v) is 27.9. The number of hydrogen-bond acceptors (Lipinski definition) is 10. The van der Waals surface area contributed by atoms with Crippen LogP contribution in [0.25, 0.3) is 22.5 Å². The molecule has 1 atom stereocenters. The lowest BCUT2D eigenvalue weighted by Gasteiger charge is -2.19. The molecule has 0 bridgehead atoms. The molecule has 13 heteroatoms. The monoisotopic (exact) mass is 655 g/mol. The van der Waals surface area contributed by atoms with Gasteiger partial charge in [0.15, 0.2) is 11.5 Å². The Balaban J connectivity index is 1.25. The molecule has 0 unspecified atom stereocenters. The lowest BCUT2D eigenvalue weighted by molar-refractivity contribution is -0.119. The van der Waals surface area contributed by atoms with Crippen molar-refractivity contribution in [3.63, 3.8) is 0 Å². The Morgan fingerprint density at radius 1 is 0.979 bits per heavy atom. The molecule has 0 aliphatic heterocycles. The van der Waals surface area contributed by atoms with Gasteiger partial charge in [0.2, 0.25) is 28.8 Å². The van der Waals surface area contributed by atoms with Crippen molar-refractivity contribution < 1.29 is 23.8 Å². The third-order valence-electron chi connectivity index (χ3n) is 8.22. The van der Waals surface area contributed by atoms with Gasteiger partial charge in [-0.1, -0.05) is 24.6 Å². The highest BCUT2D eigenvalue weighted by atomic mass is 16.5. The number of hydrogen-bond donors (Lipinski definition) is 3. The Morgan fingerprint density at radius 2 is 1.79 bits per heavy atom. The van der Waals surface area contributed by atoms with E-state index in [1.54, 1.807) is 40.5 Å². The van der Waals surface area contributed by atoms with Crippen LogP contribution in [0.2, 0.25) is 0 Å². The lowest BCUT2D eigenvalue weighted by Crippen LogP contribution is -2.26. The number of amides is 2. The van der Waals surface area contributed by atoms with E-state index in [4.69, 9.17) is 14.2 Å². The predicted molar refractivity (Wildman–Crippen MR) is 183 cm³/mol. The number of aromatic nitrogens is 4. The summed E-state index contributed by atoms with van der Waals surface area (Å²) in [5, 5.41) is 21.3. The number of tetrazole rings is 1. The number of carbonyl (C=O) groups excluding carboxylic acids is 2. The summed E-state index contributed by atoms with van der Waals surface area (Å²) < 4.78 is 17.1. The number of carbonyl (C=O) groups is 2. The number of unbranched alkanes of at least 4 members (excludes halogenated alkanes) is 2. The highest BCUT2D eigenvalue weighted by Crippen LogP contribution is 2.50. The van der Waals surface area contributed by atoms with Gasteiger partial charge < -0.3 is 30.2 Å². The molecule has 1 aliphatic rings. The minimum absolute atomic E-state index is 0.0793. The summed E-state index contributed by atoms with van der Waals surface area (Å²) in [5.41, 5.74) is 4.94. The number of fused-ring (bicyclic) bond motifs is 3. The molecule has 0 spiro atoms. The normalized spacial score (nSPS) is 13.4. The van der Waals surface area contributed by atoms with Gasteiger partial charge in [0.05, 0.1) is 40.1 Å². The molecule has 3 N–H and O–H groups in total. The zero-order valence-electron chi connectivity index (χ0n) is 27.9. The summed E-state index contributed by atoms with van der Waals surface area (Å²) in [6.45, 7) is 2.03. The number of methoxy groups -OCH3 is 3. The first-order valence-electron chi connectivity index (χ1n) is 15.9. The molecule has 0 radical (unpaired) electrons. The SMILES string of the molecule is COc1cc2c(c(OC)c1OC)-c1ccc(NCCCCCC(=O)Nc3cccc(-c4nnn(C)n4)c3)c(=O)cc1[C@@H](NC(C)=O)CC2. The summed E-state index contributed by atoms with van der Waals surface area (Å²) in [6, 6.07) is 14.2. The average molecular weight is 656 g/mol. The highest BCUT2D eigenvalue weighted by Gasteiger charge is 2.29. The van der Waals surface area contributed by atoms with Crippen molar-refractivity contribution in [2.75, 3.05) is 38.5 Å². The molecule has 252 valence electrons. The fourth-order valence-corrected chi connectivity index (χ4v) is 6.02. The number of anilines is 2. The van der Waals surface area contributed by atoms with Crippen LogP contribution in [0.1, 0.15) is 56.2 Å². The van der Waals surface area contributed by atoms with E-state index in [1.807, 2.05) is 36.4 Å². The Morgan fingerprint density at radius 3 is 2.50 bits per heavy atom. The molecule has 0 saturated carbocycles. The summed E-state index contributed by atoms with van der Waals surface area (Å²) in [4.78, 5) is 39.7. The second-order valence-corrected chi connectivity index (χ2v) is 11.6. The van der Waals surface area contributed by atoms with Crippen LogP contribution < -0.4 is 35.6 Å². The first-order valence-corrected chi connectivity index (χ1v) is 15.9. The molecule has 1 aliphatic carbocycles. The standard InChI is InChI=1S/C35H41N7O6/c1-21(43)37-27-15-13-22-19-30(46-3)33(47-4)34(48-5)32(22)25-14-16-28(29(44)20-26(25)27)36-17-8-6-7-12-31(45)38-24-11-9-10-23(18-24)35-39-41-42(2)40-35/h9-11,14,16,18-20,27H,6-8,12-13,15,17H2,1-5H3,(H,36,44)(H,37,43)(H,38,45)/t27-/m0/s1. The minimum Gasteiger partial charge on any atom is -0.493 e. The number of ether oxygens (including phenoxy) is 3. The maximum absolute atomic E-state index is 13.5. The van der Waals surface area contributed by atoms with Gasteiger partial charge in [-0.3, -0.25) is 14.4 Å². The largest absolute Gasteiger partial charge is 0.493 e. The van der Waals surface area contributed by atoms with Crippen molar-refractivity contribution in [2.24, 2.45) is 7.05 Å². The smallest absolute Gasteiger partial charge is 0.224 e. The Bertz CT molecular complexity index is 1860. The third kappa shape index (κ3) is 7.73. The molecule has 5 rings (SSSR count). The van der Waals surface area contributed by atoms with Crippen molar-refractivity contribution in [2.45, 2.75) is 51.5 Å². The van der Waals surface area contributed by atoms with Crippen LogP contribution in [0.15, 0.2) is 53.3 Å². The van der Waals surface area contributed by atoms with Gasteiger partial charge >= 0.3 is 0 Å². The summed E-state index contributed by atoms with van der Waals surface area (Å²) in [5.74, 6) is 1.73. The molecule has 1 aromatic heterocycles. The van der Waals surface area contributed by atoms with E-state index in [9.17, 15) is 14.4 Å². The van der Waals surface area contributed by atoms with Crippen LogP contribution in [0, 0.1) is 0 Å². The van der Waals surface area contributed by atoms with E-state index >= 15 is 0 Å². The van der Waals surface area contributed by atoms with Crippen LogP contribution in [-0.2, 0) is 23.1 Å². The quantitative estimate of drug-likeness (QED) is 0.173. The van der Waals surface area contributed by atoms with E-state index in [0.29, 0.717) is 72.2 Å². The van der Waals surface area contributed by atoms with E-state index in [-0.39, 0.29) is 23.3 Å². The second kappa shape index (κ2) is 15.4. The number of nitrogens with one attached hydrogen (secondary N) is 3. The van der Waals surface area contributed by atoms with Gasteiger partial charge in [-0.05, 0) is 77.9 Å². The number of rotatable bonds is 13. The van der Waals surface area contributed by atoms with Gasteiger partial charge in [0.1, 0.15) is 0 Å². The van der Waals surface area contributed by atoms with Crippen molar-refractivity contribution in [3.8, 4) is 39.8 Å². The predicted octanol–water partition coefficient (Wildman–Crippen LogP) is 4.66. The number of aryl methyl sites for hydroxylation is 2. The Labute approximate surface area is 279 Å². The molecule has 4 aromatic rings. The molecule has 0 fully saturated rings. The molecule has 0 saturated heterocycles. The van der Waals surface area contributed by atoms with Gasteiger partial charge in [0, 0.05) is 36.7 Å². The first-order chi connectivity index (χ1) is 23.2. The van der Waals surface area contributed by atoms with Crippen molar-refractivity contribution in [1.29, 1.82) is 0 Å². The van der Waals surface area contributed by atoms with E-state index in [0.717, 1.165) is 35.1 Å². The molecular weight excluding hydrogens is 614 g/mol. The van der Waals surface area contributed by atoms with Crippen LogP contribution in [0.5, 0.6) is 17.2 Å². The summed E-state index contributed by atoms with van der Waals surface area (Å²) >= 11 is 0. The van der Waals surface area contributed by atoms with E-state index < -0.39 is 0 Å². The lowest BCUT2D eigenvalue weighted by atomic mass is 9.95. The van der Waals surface area contributed by atoms with Crippen molar-refractivity contribution in [3.05, 3.63) is 69.9 Å². The van der Waals surface area contributed by atoms with Crippen LogP contribution in [-0.4, -0.2) is 59.9 Å². The summed E-state index contributed by atoms with van der Waals surface area (Å²) in [6.07, 6.45) is 3.83.